The van der Waals surface area contributed by atoms with Crippen molar-refractivity contribution in [3.63, 3.8) is 0 Å². The number of thioether (sulfide) groups is 1. The number of nitrogens with zero attached hydrogens (tertiary/aromatic N) is 4. The van der Waals surface area contributed by atoms with E-state index < -0.39 is 9.84 Å². The molecule has 2 rings (SSSR count). The number of aromatic nitrogens is 3. The zero-order valence-corrected chi connectivity index (χ0v) is 18.3. The van der Waals surface area contributed by atoms with Gasteiger partial charge in [0.1, 0.15) is 0 Å². The number of sulfone groups is 1. The van der Waals surface area contributed by atoms with E-state index in [4.69, 9.17) is 0 Å². The van der Waals surface area contributed by atoms with Crippen molar-refractivity contribution in [1.82, 2.24) is 25.0 Å². The van der Waals surface area contributed by atoms with Crippen LogP contribution in [0.3, 0.4) is 0 Å². The van der Waals surface area contributed by atoms with Crippen molar-refractivity contribution in [2.24, 2.45) is 0 Å². The fraction of sp³-hybridized carbons (Fsp3) is 0.824. The smallest absolute Gasteiger partial charge is 0.230 e. The summed E-state index contributed by atoms with van der Waals surface area (Å²) in [5, 5.41) is 12.3. The molecule has 10 heteroatoms. The predicted octanol–water partition coefficient (Wildman–Crippen LogP) is 1.49. The lowest BCUT2D eigenvalue weighted by atomic mass is 10.2. The molecular weight excluding hydrogens is 386 g/mol. The Hall–Kier alpha value is -1.13. The van der Waals surface area contributed by atoms with Gasteiger partial charge >= 0.3 is 0 Å². The lowest BCUT2D eigenvalue weighted by molar-refractivity contribution is -0.119. The number of nitrogens with one attached hydrogen (secondary N) is 1. The molecule has 2 heterocycles. The zero-order valence-electron chi connectivity index (χ0n) is 16.6. The Morgan fingerprint density at radius 2 is 2.11 bits per heavy atom. The van der Waals surface area contributed by atoms with E-state index in [1.807, 2.05) is 14.1 Å². The fourth-order valence-electron chi connectivity index (χ4n) is 3.27. The summed E-state index contributed by atoms with van der Waals surface area (Å²) in [5.74, 6) is 1.18. The van der Waals surface area contributed by atoms with Crippen LogP contribution in [0.1, 0.15) is 51.4 Å². The second-order valence-corrected chi connectivity index (χ2v) is 10.4. The van der Waals surface area contributed by atoms with Gasteiger partial charge < -0.3 is 9.88 Å². The number of carbonyl (C=O) groups excluding carboxylic acids is 1. The topological polar surface area (TPSA) is 97.2 Å². The molecule has 154 valence electrons. The molecule has 8 nitrogen and oxygen atoms in total. The molecule has 0 bridgehead atoms. The largest absolute Gasteiger partial charge is 0.352 e. The Morgan fingerprint density at radius 1 is 1.37 bits per heavy atom. The first-order valence-electron chi connectivity index (χ1n) is 9.49. The highest BCUT2D eigenvalue weighted by atomic mass is 32.2. The molecule has 1 N–H and O–H groups in total. The van der Waals surface area contributed by atoms with E-state index in [2.05, 4.69) is 38.8 Å². The molecule has 2 atom stereocenters. The van der Waals surface area contributed by atoms with Gasteiger partial charge in [-0.15, -0.1) is 10.2 Å². The molecule has 0 radical (unpaired) electrons. The third-order valence-electron chi connectivity index (χ3n) is 4.72. The Balaban J connectivity index is 2.02. The summed E-state index contributed by atoms with van der Waals surface area (Å²) in [7, 11) is 1.07. The fourth-order valence-corrected chi connectivity index (χ4v) is 5.72. The summed E-state index contributed by atoms with van der Waals surface area (Å²) in [6.45, 7) is 5.09. The van der Waals surface area contributed by atoms with Crippen molar-refractivity contribution < 1.29 is 13.2 Å². The molecule has 0 saturated carbocycles. The lowest BCUT2D eigenvalue weighted by Gasteiger charge is -2.23. The Bertz CT molecular complexity index is 733. The first-order chi connectivity index (χ1) is 12.8. The first kappa shape index (κ1) is 22.2. The number of rotatable bonds is 10. The van der Waals surface area contributed by atoms with Crippen LogP contribution in [0, 0.1) is 0 Å². The molecule has 1 aliphatic rings. The highest BCUT2D eigenvalue weighted by Crippen LogP contribution is 2.25. The van der Waals surface area contributed by atoms with Crippen LogP contribution in [0.5, 0.6) is 0 Å². The summed E-state index contributed by atoms with van der Waals surface area (Å²) >= 11 is 1.36. The molecule has 0 spiro atoms. The molecule has 1 saturated heterocycles. The predicted molar refractivity (Wildman–Crippen MR) is 108 cm³/mol. The highest BCUT2D eigenvalue weighted by molar-refractivity contribution is 7.99. The van der Waals surface area contributed by atoms with Gasteiger partial charge in [0.05, 0.1) is 23.3 Å². The quantitative estimate of drug-likeness (QED) is 0.576. The van der Waals surface area contributed by atoms with Crippen molar-refractivity contribution >= 4 is 27.5 Å². The number of amides is 1. The van der Waals surface area contributed by atoms with Gasteiger partial charge in [0.15, 0.2) is 20.8 Å². The van der Waals surface area contributed by atoms with Crippen molar-refractivity contribution in [1.29, 1.82) is 0 Å². The summed E-state index contributed by atoms with van der Waals surface area (Å²) in [6.07, 6.45) is 3.51. The zero-order chi connectivity index (χ0) is 20.0. The van der Waals surface area contributed by atoms with Crippen LogP contribution in [0.25, 0.3) is 0 Å². The minimum Gasteiger partial charge on any atom is -0.352 e. The number of hydrogen-bond donors (Lipinski definition) is 1. The molecule has 27 heavy (non-hydrogen) atoms. The van der Waals surface area contributed by atoms with Crippen LogP contribution < -0.4 is 5.32 Å². The average molecular weight is 418 g/mol. The Labute approximate surface area is 166 Å². The van der Waals surface area contributed by atoms with E-state index in [0.29, 0.717) is 6.42 Å². The SMILES string of the molecule is CCCCn1c(SCC(=O)N[C@@H]2CCS(=O)(=O)C2)nnc1[C@H](CC)N(C)C. The maximum atomic E-state index is 12.2. The van der Waals surface area contributed by atoms with Gasteiger partial charge in [-0.2, -0.15) is 0 Å². The van der Waals surface area contributed by atoms with Crippen molar-refractivity contribution in [3.8, 4) is 0 Å². The normalized spacial score (nSPS) is 20.1. The second-order valence-electron chi connectivity index (χ2n) is 7.19. The van der Waals surface area contributed by atoms with Gasteiger partial charge in [0.25, 0.3) is 0 Å². The van der Waals surface area contributed by atoms with E-state index in [-0.39, 0.29) is 35.2 Å². The van der Waals surface area contributed by atoms with E-state index >= 15 is 0 Å². The third-order valence-corrected chi connectivity index (χ3v) is 7.45. The first-order valence-corrected chi connectivity index (χ1v) is 12.3. The molecule has 0 aliphatic carbocycles. The van der Waals surface area contributed by atoms with Crippen LogP contribution in [-0.2, 0) is 21.2 Å². The van der Waals surface area contributed by atoms with Crippen LogP contribution in [0.15, 0.2) is 5.16 Å². The van der Waals surface area contributed by atoms with E-state index in [9.17, 15) is 13.2 Å². The maximum absolute atomic E-state index is 12.2. The van der Waals surface area contributed by atoms with Crippen LogP contribution >= 0.6 is 11.8 Å². The number of carbonyl (C=O) groups is 1. The Kier molecular flexibility index (Phi) is 8.11. The molecule has 1 amide bonds. The lowest BCUT2D eigenvalue weighted by Crippen LogP contribution is -2.36. The Morgan fingerprint density at radius 3 is 2.67 bits per heavy atom. The summed E-state index contributed by atoms with van der Waals surface area (Å²) in [6, 6.07) is -0.0870. The second kappa shape index (κ2) is 9.88. The highest BCUT2D eigenvalue weighted by Gasteiger charge is 2.29. The van der Waals surface area contributed by atoms with Crippen molar-refractivity contribution in [2.45, 2.75) is 63.3 Å². The van der Waals surface area contributed by atoms with Gasteiger partial charge in [0.2, 0.25) is 5.91 Å². The standard InChI is InChI=1S/C17H31N5O3S2/c1-5-7-9-22-16(14(6-2)21(3)4)19-20-17(22)26-11-15(23)18-13-8-10-27(24,25)12-13/h13-14H,5-12H2,1-4H3,(H,18,23)/t13-,14+/m1/s1. The molecule has 1 aromatic heterocycles. The number of unbranched alkanes of at least 4 members (excludes halogenated alkanes) is 1. The monoisotopic (exact) mass is 417 g/mol. The molecule has 1 aliphatic heterocycles. The van der Waals surface area contributed by atoms with E-state index in [1.165, 1.54) is 11.8 Å². The molecule has 1 fully saturated rings. The van der Waals surface area contributed by atoms with Gasteiger partial charge in [0, 0.05) is 12.6 Å². The van der Waals surface area contributed by atoms with Crippen LogP contribution in [0.2, 0.25) is 0 Å². The van der Waals surface area contributed by atoms with Gasteiger partial charge in [-0.3, -0.25) is 9.69 Å². The van der Waals surface area contributed by atoms with Crippen molar-refractivity contribution in [3.05, 3.63) is 5.82 Å². The summed E-state index contributed by atoms with van der Waals surface area (Å²) in [5.41, 5.74) is 0. The number of hydrogen-bond acceptors (Lipinski definition) is 7. The third kappa shape index (κ3) is 6.18. The van der Waals surface area contributed by atoms with E-state index in [1.54, 1.807) is 0 Å². The molecular formula is C17H31N5O3S2. The van der Waals surface area contributed by atoms with Crippen LogP contribution in [-0.4, -0.2) is 71.4 Å². The molecule has 1 aromatic rings. The maximum Gasteiger partial charge on any atom is 0.230 e. The minimum absolute atomic E-state index is 0.0429. The summed E-state index contributed by atoms with van der Waals surface area (Å²) < 4.78 is 25.2. The average Bonchev–Trinajstić information content (AvgIpc) is 3.14. The van der Waals surface area contributed by atoms with Gasteiger partial charge in [-0.25, -0.2) is 8.42 Å². The summed E-state index contributed by atoms with van der Waals surface area (Å²) in [4.78, 5) is 14.4. The minimum atomic E-state index is -3.00. The molecule has 0 aromatic carbocycles. The van der Waals surface area contributed by atoms with Gasteiger partial charge in [-0.1, -0.05) is 32.0 Å². The molecule has 0 unspecified atom stereocenters. The van der Waals surface area contributed by atoms with E-state index in [0.717, 1.165) is 36.8 Å². The van der Waals surface area contributed by atoms with Crippen molar-refractivity contribution in [2.75, 3.05) is 31.4 Å². The van der Waals surface area contributed by atoms with Crippen LogP contribution in [0.4, 0.5) is 0 Å². The van der Waals surface area contributed by atoms with Gasteiger partial charge in [-0.05, 0) is 33.4 Å².